The zero-order valence-electron chi connectivity index (χ0n) is 11.3. The van der Waals surface area contributed by atoms with Crippen LogP contribution in [0.25, 0.3) is 10.9 Å². The first-order valence-electron chi connectivity index (χ1n) is 6.76. The number of rotatable bonds is 2. The summed E-state index contributed by atoms with van der Waals surface area (Å²) in [6.07, 6.45) is 2.06. The fourth-order valence-corrected chi connectivity index (χ4v) is 2.70. The number of carbonyl (C=O) groups is 1. The molecule has 3 rings (SSSR count). The van der Waals surface area contributed by atoms with E-state index >= 15 is 0 Å². The van der Waals surface area contributed by atoms with E-state index in [0.29, 0.717) is 16.6 Å². The Labute approximate surface area is 116 Å². The van der Waals surface area contributed by atoms with Crippen LogP contribution in [0.5, 0.6) is 0 Å². The van der Waals surface area contributed by atoms with Crippen molar-refractivity contribution in [2.24, 2.45) is 0 Å². The van der Waals surface area contributed by atoms with Crippen LogP contribution in [0.2, 0.25) is 0 Å². The Morgan fingerprint density at radius 1 is 1.55 bits per heavy atom. The van der Waals surface area contributed by atoms with E-state index in [1.807, 2.05) is 7.05 Å². The van der Waals surface area contributed by atoms with Crippen LogP contribution in [-0.2, 0) is 0 Å². The van der Waals surface area contributed by atoms with Gasteiger partial charge in [-0.05, 0) is 44.6 Å². The van der Waals surface area contributed by atoms with Crippen molar-refractivity contribution in [1.29, 1.82) is 0 Å². The number of carbonyl (C=O) groups excluding carboxylic acids is 1. The SMILES string of the molecule is CN1CCC[C@H](NC(=O)c2n[nH]c3cc(F)ccc23)C1. The van der Waals surface area contributed by atoms with Gasteiger partial charge in [0.1, 0.15) is 5.82 Å². The highest BCUT2D eigenvalue weighted by atomic mass is 19.1. The molecular weight excluding hydrogens is 259 g/mol. The van der Waals surface area contributed by atoms with Crippen molar-refractivity contribution < 1.29 is 9.18 Å². The molecule has 6 heteroatoms. The van der Waals surface area contributed by atoms with Crippen LogP contribution < -0.4 is 5.32 Å². The van der Waals surface area contributed by atoms with Gasteiger partial charge in [0.05, 0.1) is 5.52 Å². The maximum Gasteiger partial charge on any atom is 0.272 e. The summed E-state index contributed by atoms with van der Waals surface area (Å²) in [6.45, 7) is 1.92. The first kappa shape index (κ1) is 13.1. The molecule has 1 fully saturated rings. The molecule has 1 saturated heterocycles. The van der Waals surface area contributed by atoms with E-state index in [1.54, 1.807) is 6.07 Å². The van der Waals surface area contributed by atoms with Crippen LogP contribution in [0.15, 0.2) is 18.2 Å². The van der Waals surface area contributed by atoms with Crippen molar-refractivity contribution in [3.8, 4) is 0 Å². The molecule has 0 unspecified atom stereocenters. The number of nitrogens with one attached hydrogen (secondary N) is 2. The van der Waals surface area contributed by atoms with Gasteiger partial charge in [0.25, 0.3) is 5.91 Å². The van der Waals surface area contributed by atoms with Gasteiger partial charge in [-0.2, -0.15) is 5.10 Å². The second-order valence-corrected chi connectivity index (χ2v) is 5.34. The van der Waals surface area contributed by atoms with Gasteiger partial charge in [-0.25, -0.2) is 4.39 Å². The Balaban J connectivity index is 1.78. The molecule has 2 N–H and O–H groups in total. The molecule has 5 nitrogen and oxygen atoms in total. The third-order valence-electron chi connectivity index (χ3n) is 3.70. The molecule has 1 aliphatic rings. The van der Waals surface area contributed by atoms with Gasteiger partial charge in [0, 0.05) is 18.0 Å². The van der Waals surface area contributed by atoms with E-state index in [9.17, 15) is 9.18 Å². The molecule has 0 saturated carbocycles. The summed E-state index contributed by atoms with van der Waals surface area (Å²) in [4.78, 5) is 14.5. The summed E-state index contributed by atoms with van der Waals surface area (Å²) in [5, 5.41) is 10.3. The summed E-state index contributed by atoms with van der Waals surface area (Å²) in [6, 6.07) is 4.40. The Bertz CT molecular complexity index is 639. The van der Waals surface area contributed by atoms with Gasteiger partial charge in [-0.15, -0.1) is 0 Å². The molecule has 2 heterocycles. The van der Waals surface area contributed by atoms with Crippen molar-refractivity contribution >= 4 is 16.8 Å². The molecule has 1 aromatic heterocycles. The highest BCUT2D eigenvalue weighted by molar-refractivity contribution is 6.04. The number of piperidine rings is 1. The van der Waals surface area contributed by atoms with Crippen molar-refractivity contribution in [3.05, 3.63) is 29.7 Å². The van der Waals surface area contributed by atoms with E-state index in [0.717, 1.165) is 25.9 Å². The number of benzene rings is 1. The van der Waals surface area contributed by atoms with Crippen molar-refractivity contribution in [2.45, 2.75) is 18.9 Å². The number of halogens is 1. The van der Waals surface area contributed by atoms with Crippen molar-refractivity contribution in [1.82, 2.24) is 20.4 Å². The molecule has 1 amide bonds. The number of fused-ring (bicyclic) bond motifs is 1. The van der Waals surface area contributed by atoms with Gasteiger partial charge < -0.3 is 10.2 Å². The minimum Gasteiger partial charge on any atom is -0.347 e. The molecule has 0 bridgehead atoms. The predicted molar refractivity (Wildman–Crippen MR) is 74.0 cm³/mol. The third kappa shape index (κ3) is 2.51. The molecule has 1 atom stereocenters. The number of likely N-dealkylation sites (tertiary alicyclic amines) is 1. The lowest BCUT2D eigenvalue weighted by atomic mass is 10.1. The zero-order valence-corrected chi connectivity index (χ0v) is 11.3. The number of aromatic amines is 1. The second-order valence-electron chi connectivity index (χ2n) is 5.34. The molecule has 20 heavy (non-hydrogen) atoms. The van der Waals surface area contributed by atoms with Crippen molar-refractivity contribution in [2.75, 3.05) is 20.1 Å². The normalized spacial score (nSPS) is 20.2. The van der Waals surface area contributed by atoms with E-state index < -0.39 is 0 Å². The molecule has 106 valence electrons. The standard InChI is InChI=1S/C14H17FN4O/c1-19-6-2-3-10(8-19)16-14(20)13-11-5-4-9(15)7-12(11)17-18-13/h4-5,7,10H,2-3,6,8H2,1H3,(H,16,20)(H,17,18)/t10-/m0/s1. The third-order valence-corrected chi connectivity index (χ3v) is 3.70. The number of H-pyrrole nitrogens is 1. The van der Waals surface area contributed by atoms with Crippen LogP contribution in [0.4, 0.5) is 4.39 Å². The van der Waals surface area contributed by atoms with E-state index in [2.05, 4.69) is 20.4 Å². The highest BCUT2D eigenvalue weighted by Crippen LogP contribution is 2.17. The van der Waals surface area contributed by atoms with Crippen LogP contribution in [-0.4, -0.2) is 47.2 Å². The number of likely N-dealkylation sites (N-methyl/N-ethyl adjacent to an activating group) is 1. The summed E-state index contributed by atoms with van der Waals surface area (Å²) >= 11 is 0. The quantitative estimate of drug-likeness (QED) is 0.874. The minimum atomic E-state index is -0.345. The fourth-order valence-electron chi connectivity index (χ4n) is 2.70. The lowest BCUT2D eigenvalue weighted by Gasteiger charge is -2.29. The van der Waals surface area contributed by atoms with Crippen LogP contribution in [0.1, 0.15) is 23.3 Å². The lowest BCUT2D eigenvalue weighted by molar-refractivity contribution is 0.0909. The summed E-state index contributed by atoms with van der Waals surface area (Å²) in [7, 11) is 2.05. The number of nitrogens with zero attached hydrogens (tertiary/aromatic N) is 2. The van der Waals surface area contributed by atoms with Gasteiger partial charge in [0.2, 0.25) is 0 Å². The largest absolute Gasteiger partial charge is 0.347 e. The molecule has 2 aromatic rings. The zero-order chi connectivity index (χ0) is 14.1. The first-order valence-corrected chi connectivity index (χ1v) is 6.76. The van der Waals surface area contributed by atoms with Crippen molar-refractivity contribution in [3.63, 3.8) is 0 Å². The molecular formula is C14H17FN4O. The average Bonchev–Trinajstić information content (AvgIpc) is 2.81. The second kappa shape index (κ2) is 5.20. The summed E-state index contributed by atoms with van der Waals surface area (Å²) in [5.41, 5.74) is 0.865. The summed E-state index contributed by atoms with van der Waals surface area (Å²) < 4.78 is 13.1. The minimum absolute atomic E-state index is 0.147. The summed E-state index contributed by atoms with van der Waals surface area (Å²) in [5.74, 6) is -0.551. The van der Waals surface area contributed by atoms with Gasteiger partial charge in [0.15, 0.2) is 5.69 Å². The first-order chi connectivity index (χ1) is 9.63. The Morgan fingerprint density at radius 2 is 2.40 bits per heavy atom. The topological polar surface area (TPSA) is 61.0 Å². The van der Waals surface area contributed by atoms with Gasteiger partial charge in [-0.1, -0.05) is 0 Å². The van der Waals surface area contributed by atoms with Gasteiger partial charge >= 0.3 is 0 Å². The van der Waals surface area contributed by atoms with Crippen LogP contribution >= 0.6 is 0 Å². The smallest absolute Gasteiger partial charge is 0.272 e. The molecule has 1 aliphatic heterocycles. The van der Waals surface area contributed by atoms with Crippen LogP contribution in [0.3, 0.4) is 0 Å². The Hall–Kier alpha value is -1.95. The maximum atomic E-state index is 13.1. The molecule has 0 aliphatic carbocycles. The monoisotopic (exact) mass is 276 g/mol. The van der Waals surface area contributed by atoms with Gasteiger partial charge in [-0.3, -0.25) is 9.89 Å². The van der Waals surface area contributed by atoms with E-state index in [1.165, 1.54) is 12.1 Å². The number of hydrogen-bond donors (Lipinski definition) is 2. The molecule has 0 radical (unpaired) electrons. The lowest BCUT2D eigenvalue weighted by Crippen LogP contribution is -2.46. The molecule has 1 aromatic carbocycles. The van der Waals surface area contributed by atoms with Crippen LogP contribution in [0, 0.1) is 5.82 Å². The van der Waals surface area contributed by atoms with E-state index in [4.69, 9.17) is 0 Å². The Morgan fingerprint density at radius 3 is 3.20 bits per heavy atom. The fraction of sp³-hybridized carbons (Fsp3) is 0.429. The maximum absolute atomic E-state index is 13.1. The predicted octanol–water partition coefficient (Wildman–Crippen LogP) is 1.53. The highest BCUT2D eigenvalue weighted by Gasteiger charge is 2.22. The number of hydrogen-bond acceptors (Lipinski definition) is 3. The average molecular weight is 276 g/mol. The number of aromatic nitrogens is 2. The molecule has 0 spiro atoms. The number of amides is 1. The Kier molecular flexibility index (Phi) is 3.40. The van der Waals surface area contributed by atoms with E-state index in [-0.39, 0.29) is 17.8 Å².